The fraction of sp³-hybridized carbons (Fsp3) is 0.0769. The third kappa shape index (κ3) is 3.94. The number of nitrogens with zero attached hydrogens (tertiary/aromatic N) is 1. The minimum Gasteiger partial charge on any atom is -0.399 e. The van der Waals surface area contributed by atoms with Crippen molar-refractivity contribution in [1.29, 1.82) is 0 Å². The average Bonchev–Trinajstić information content (AvgIpc) is 2.34. The van der Waals surface area contributed by atoms with Crippen LogP contribution in [0.4, 0.5) is 11.4 Å². The van der Waals surface area contributed by atoms with Crippen molar-refractivity contribution in [1.82, 2.24) is 4.98 Å². The largest absolute Gasteiger partial charge is 0.399 e. The van der Waals surface area contributed by atoms with Gasteiger partial charge in [0.1, 0.15) is 0 Å². The average molecular weight is 341 g/mol. The molecule has 1 amide bonds. The molecule has 0 aliphatic rings. The second-order valence-electron chi connectivity index (χ2n) is 3.96. The molecule has 0 aliphatic carbocycles. The van der Waals surface area contributed by atoms with Gasteiger partial charge in [0.05, 0.1) is 12.1 Å². The van der Waals surface area contributed by atoms with E-state index in [2.05, 4.69) is 26.2 Å². The van der Waals surface area contributed by atoms with Gasteiger partial charge in [0.2, 0.25) is 5.91 Å². The van der Waals surface area contributed by atoms with E-state index in [-0.39, 0.29) is 17.5 Å². The van der Waals surface area contributed by atoms with Crippen LogP contribution in [-0.2, 0) is 11.2 Å². The van der Waals surface area contributed by atoms with Crippen LogP contribution in [0.1, 0.15) is 5.56 Å². The molecule has 3 N–H and O–H groups in total. The number of halogens is 2. The highest BCUT2D eigenvalue weighted by atomic mass is 79.9. The Morgan fingerprint density at radius 2 is 2.21 bits per heavy atom. The van der Waals surface area contributed by atoms with Crippen LogP contribution in [0.2, 0.25) is 5.15 Å². The Kier molecular flexibility index (Phi) is 4.39. The summed E-state index contributed by atoms with van der Waals surface area (Å²) in [5.41, 5.74) is 7.61. The normalized spacial score (nSPS) is 10.2. The van der Waals surface area contributed by atoms with Crippen molar-refractivity contribution in [2.24, 2.45) is 0 Å². The van der Waals surface area contributed by atoms with Crippen molar-refractivity contribution in [3.63, 3.8) is 0 Å². The first kappa shape index (κ1) is 13.8. The zero-order chi connectivity index (χ0) is 13.8. The van der Waals surface area contributed by atoms with Crippen LogP contribution in [0.5, 0.6) is 0 Å². The first-order chi connectivity index (χ1) is 9.04. The quantitative estimate of drug-likeness (QED) is 0.665. The minimum atomic E-state index is -0.174. The molecule has 2 aromatic rings. The number of hydrogen-bond acceptors (Lipinski definition) is 3. The van der Waals surface area contributed by atoms with Crippen LogP contribution in [0.3, 0.4) is 0 Å². The molecule has 1 aromatic carbocycles. The predicted octanol–water partition coefficient (Wildman–Crippen LogP) is 3.26. The van der Waals surface area contributed by atoms with E-state index < -0.39 is 0 Å². The van der Waals surface area contributed by atoms with Crippen molar-refractivity contribution in [3.05, 3.63) is 51.7 Å². The summed E-state index contributed by atoms with van der Waals surface area (Å²) < 4.78 is 0.746. The molecule has 0 aliphatic heterocycles. The van der Waals surface area contributed by atoms with Crippen LogP contribution >= 0.6 is 27.5 Å². The number of benzene rings is 1. The summed E-state index contributed by atoms with van der Waals surface area (Å²) in [7, 11) is 0. The molecule has 0 atom stereocenters. The molecule has 19 heavy (non-hydrogen) atoms. The van der Waals surface area contributed by atoms with Crippen molar-refractivity contribution in [2.45, 2.75) is 6.42 Å². The fourth-order valence-corrected chi connectivity index (χ4v) is 2.08. The molecule has 1 aromatic heterocycles. The standard InChI is InChI=1S/C13H11BrClN3O/c14-9-6-11(13(15)17-7-9)18-12(19)5-8-2-1-3-10(16)4-8/h1-4,6-7H,5,16H2,(H,18,19). The highest BCUT2D eigenvalue weighted by Gasteiger charge is 2.08. The first-order valence-electron chi connectivity index (χ1n) is 5.50. The lowest BCUT2D eigenvalue weighted by Gasteiger charge is -2.07. The molecule has 0 bridgehead atoms. The molecule has 0 radical (unpaired) electrons. The highest BCUT2D eigenvalue weighted by Crippen LogP contribution is 2.23. The molecule has 98 valence electrons. The number of nitrogens with one attached hydrogen (secondary N) is 1. The molecule has 0 spiro atoms. The number of amides is 1. The van der Waals surface area contributed by atoms with Gasteiger partial charge >= 0.3 is 0 Å². The molecule has 6 heteroatoms. The van der Waals surface area contributed by atoms with Crippen LogP contribution in [0.15, 0.2) is 41.0 Å². The summed E-state index contributed by atoms with van der Waals surface area (Å²) in [6, 6.07) is 8.89. The smallest absolute Gasteiger partial charge is 0.228 e. The van der Waals surface area contributed by atoms with Gasteiger partial charge in [-0.3, -0.25) is 4.79 Å². The summed E-state index contributed by atoms with van der Waals surface area (Å²) in [5.74, 6) is -0.174. The van der Waals surface area contributed by atoms with Crippen molar-refractivity contribution in [3.8, 4) is 0 Å². The zero-order valence-electron chi connectivity index (χ0n) is 9.86. The van der Waals surface area contributed by atoms with Crippen LogP contribution < -0.4 is 11.1 Å². The van der Waals surface area contributed by atoms with Gasteiger partial charge in [-0.05, 0) is 39.7 Å². The summed E-state index contributed by atoms with van der Waals surface area (Å²) in [6.07, 6.45) is 1.80. The van der Waals surface area contributed by atoms with E-state index in [9.17, 15) is 4.79 Å². The van der Waals surface area contributed by atoms with Gasteiger partial charge in [-0.1, -0.05) is 23.7 Å². The van der Waals surface area contributed by atoms with Gasteiger partial charge in [-0.15, -0.1) is 0 Å². The predicted molar refractivity (Wildman–Crippen MR) is 80.1 cm³/mol. The van der Waals surface area contributed by atoms with Crippen molar-refractivity contribution in [2.75, 3.05) is 11.1 Å². The summed E-state index contributed by atoms with van der Waals surface area (Å²) >= 11 is 9.18. The van der Waals surface area contributed by atoms with Gasteiger partial charge in [-0.25, -0.2) is 4.98 Å². The van der Waals surface area contributed by atoms with E-state index in [1.165, 1.54) is 0 Å². The second-order valence-corrected chi connectivity index (χ2v) is 5.24. The topological polar surface area (TPSA) is 68.0 Å². The SMILES string of the molecule is Nc1cccc(CC(=O)Nc2cc(Br)cnc2Cl)c1. The van der Waals surface area contributed by atoms with E-state index in [0.717, 1.165) is 10.0 Å². The van der Waals surface area contributed by atoms with E-state index in [0.29, 0.717) is 11.4 Å². The first-order valence-corrected chi connectivity index (χ1v) is 6.67. The summed E-state index contributed by atoms with van der Waals surface area (Å²) in [6.45, 7) is 0. The van der Waals surface area contributed by atoms with Gasteiger partial charge in [0, 0.05) is 16.4 Å². The molecule has 1 heterocycles. The molecular formula is C13H11BrClN3O. The Labute approximate surface area is 124 Å². The lowest BCUT2D eigenvalue weighted by atomic mass is 10.1. The summed E-state index contributed by atoms with van der Waals surface area (Å²) in [4.78, 5) is 15.8. The lowest BCUT2D eigenvalue weighted by molar-refractivity contribution is -0.115. The third-order valence-electron chi connectivity index (χ3n) is 2.40. The monoisotopic (exact) mass is 339 g/mol. The summed E-state index contributed by atoms with van der Waals surface area (Å²) in [5, 5.41) is 2.97. The molecule has 0 saturated heterocycles. The Hall–Kier alpha value is -1.59. The Bertz CT molecular complexity index is 619. The zero-order valence-corrected chi connectivity index (χ0v) is 12.2. The van der Waals surface area contributed by atoms with Crippen LogP contribution in [0, 0.1) is 0 Å². The number of pyridine rings is 1. The Morgan fingerprint density at radius 3 is 2.95 bits per heavy atom. The number of rotatable bonds is 3. The molecule has 0 unspecified atom stereocenters. The molecule has 2 rings (SSSR count). The van der Waals surface area contributed by atoms with E-state index in [4.69, 9.17) is 17.3 Å². The maximum absolute atomic E-state index is 11.9. The number of carbonyl (C=O) groups is 1. The number of anilines is 2. The number of nitrogens with two attached hydrogens (primary N) is 1. The number of carbonyl (C=O) groups excluding carboxylic acids is 1. The maximum Gasteiger partial charge on any atom is 0.228 e. The number of nitrogen functional groups attached to an aromatic ring is 1. The Balaban J connectivity index is 2.07. The van der Waals surface area contributed by atoms with Gasteiger partial charge in [0.15, 0.2) is 5.15 Å². The maximum atomic E-state index is 11.9. The number of hydrogen-bond donors (Lipinski definition) is 2. The molecule has 4 nitrogen and oxygen atoms in total. The van der Waals surface area contributed by atoms with E-state index >= 15 is 0 Å². The highest BCUT2D eigenvalue weighted by molar-refractivity contribution is 9.10. The number of aromatic nitrogens is 1. The van der Waals surface area contributed by atoms with Gasteiger partial charge in [0.25, 0.3) is 0 Å². The lowest BCUT2D eigenvalue weighted by Crippen LogP contribution is -2.15. The van der Waals surface area contributed by atoms with Gasteiger partial charge < -0.3 is 11.1 Å². The molecule has 0 fully saturated rings. The van der Waals surface area contributed by atoms with Crippen LogP contribution in [0.25, 0.3) is 0 Å². The third-order valence-corrected chi connectivity index (χ3v) is 3.13. The van der Waals surface area contributed by atoms with E-state index in [1.807, 2.05) is 12.1 Å². The molecule has 0 saturated carbocycles. The van der Waals surface area contributed by atoms with Gasteiger partial charge in [-0.2, -0.15) is 0 Å². The van der Waals surface area contributed by atoms with E-state index in [1.54, 1.807) is 24.4 Å². The fourth-order valence-electron chi connectivity index (χ4n) is 1.59. The second kappa shape index (κ2) is 6.04. The minimum absolute atomic E-state index is 0.174. The van der Waals surface area contributed by atoms with Crippen LogP contribution in [-0.4, -0.2) is 10.9 Å². The van der Waals surface area contributed by atoms with Crippen molar-refractivity contribution < 1.29 is 4.79 Å². The van der Waals surface area contributed by atoms with Crippen molar-refractivity contribution >= 4 is 44.8 Å². The Morgan fingerprint density at radius 1 is 1.42 bits per heavy atom. The molecular weight excluding hydrogens is 330 g/mol.